The van der Waals surface area contributed by atoms with Crippen molar-refractivity contribution in [1.29, 1.82) is 0 Å². The first-order valence-electron chi connectivity index (χ1n) is 9.37. The molecule has 0 atom stereocenters. The zero-order valence-electron chi connectivity index (χ0n) is 16.4. The molecule has 0 bridgehead atoms. The van der Waals surface area contributed by atoms with E-state index in [0.29, 0.717) is 24.5 Å². The molecule has 11 heteroatoms. The average Bonchev–Trinajstić information content (AvgIpc) is 3.14. The first kappa shape index (κ1) is 20.1. The van der Waals surface area contributed by atoms with Gasteiger partial charge in [0.15, 0.2) is 0 Å². The van der Waals surface area contributed by atoms with Crippen molar-refractivity contribution < 1.29 is 18.0 Å². The Morgan fingerprint density at radius 2 is 1.87 bits per heavy atom. The number of rotatable bonds is 3. The number of aromatic nitrogens is 4. The number of hydrogen-bond donors (Lipinski definition) is 1. The Bertz CT molecular complexity index is 1090. The molecule has 0 spiro atoms. The zero-order chi connectivity index (χ0) is 21.5. The number of fused-ring (bicyclic) bond motifs is 1. The summed E-state index contributed by atoms with van der Waals surface area (Å²) in [6, 6.07) is 5.61. The molecule has 1 aliphatic heterocycles. The van der Waals surface area contributed by atoms with E-state index in [0.717, 1.165) is 19.2 Å². The highest BCUT2D eigenvalue weighted by molar-refractivity contribution is 6.02. The molecule has 1 aromatic carbocycles. The molecule has 4 rings (SSSR count). The molecule has 8 nitrogen and oxygen atoms in total. The molecule has 3 aromatic rings. The standard InChI is InChI=1S/C19H20F3N7O/c1-12-5-6-23-18-25-16(26-29(12)18)17(30)24-15-4-3-13(11-14(15)19(20,21)22)28-9-7-27(2)8-10-28/h3-6,11H,7-10H2,1-2H3,(H,24,30). The topological polar surface area (TPSA) is 78.7 Å². The molecular weight excluding hydrogens is 399 g/mol. The third-order valence-corrected chi connectivity index (χ3v) is 5.06. The minimum absolute atomic E-state index is 0.196. The van der Waals surface area contributed by atoms with Crippen molar-refractivity contribution in [3.05, 3.63) is 47.5 Å². The van der Waals surface area contributed by atoms with Gasteiger partial charge >= 0.3 is 6.18 Å². The molecule has 0 unspecified atom stereocenters. The molecule has 1 aliphatic rings. The Kier molecular flexibility index (Phi) is 5.06. The highest BCUT2D eigenvalue weighted by atomic mass is 19.4. The van der Waals surface area contributed by atoms with Crippen LogP contribution in [0.1, 0.15) is 21.9 Å². The van der Waals surface area contributed by atoms with Crippen LogP contribution in [0, 0.1) is 6.92 Å². The highest BCUT2D eigenvalue weighted by Gasteiger charge is 2.35. The van der Waals surface area contributed by atoms with Crippen LogP contribution in [0.25, 0.3) is 5.78 Å². The van der Waals surface area contributed by atoms with Crippen LogP contribution in [0.2, 0.25) is 0 Å². The maximum Gasteiger partial charge on any atom is 0.418 e. The van der Waals surface area contributed by atoms with Gasteiger partial charge in [-0.3, -0.25) is 4.79 Å². The molecule has 0 aliphatic carbocycles. The second-order valence-electron chi connectivity index (χ2n) is 7.21. The van der Waals surface area contributed by atoms with Gasteiger partial charge in [-0.1, -0.05) is 0 Å². The molecule has 0 radical (unpaired) electrons. The quantitative estimate of drug-likeness (QED) is 0.703. The Morgan fingerprint density at radius 3 is 2.53 bits per heavy atom. The first-order chi connectivity index (χ1) is 14.2. The van der Waals surface area contributed by atoms with Crippen molar-refractivity contribution in [3.8, 4) is 0 Å². The molecule has 30 heavy (non-hydrogen) atoms. The van der Waals surface area contributed by atoms with Crippen LogP contribution >= 0.6 is 0 Å². The Balaban J connectivity index is 1.62. The number of nitrogens with one attached hydrogen (secondary N) is 1. The normalized spacial score (nSPS) is 15.6. The van der Waals surface area contributed by atoms with Gasteiger partial charge in [0.25, 0.3) is 11.7 Å². The van der Waals surface area contributed by atoms with Gasteiger partial charge in [0.05, 0.1) is 11.3 Å². The fraction of sp³-hybridized carbons (Fsp3) is 0.368. The molecule has 0 saturated carbocycles. The number of nitrogens with zero attached hydrogens (tertiary/aromatic N) is 6. The van der Waals surface area contributed by atoms with Crippen LogP contribution in [0.5, 0.6) is 0 Å². The highest BCUT2D eigenvalue weighted by Crippen LogP contribution is 2.37. The number of halogens is 3. The van der Waals surface area contributed by atoms with Crippen LogP contribution in [-0.4, -0.2) is 63.6 Å². The summed E-state index contributed by atoms with van der Waals surface area (Å²) in [5.41, 5.74) is -0.0857. The summed E-state index contributed by atoms with van der Waals surface area (Å²) in [6.07, 6.45) is -3.12. The van der Waals surface area contributed by atoms with Gasteiger partial charge in [-0.15, -0.1) is 5.10 Å². The predicted molar refractivity (Wildman–Crippen MR) is 105 cm³/mol. The molecule has 1 amide bonds. The molecular formula is C19H20F3N7O. The molecule has 2 aromatic heterocycles. The van der Waals surface area contributed by atoms with Crippen molar-refractivity contribution in [2.45, 2.75) is 13.1 Å². The van der Waals surface area contributed by atoms with Gasteiger partial charge in [0.1, 0.15) is 0 Å². The fourth-order valence-corrected chi connectivity index (χ4v) is 3.32. The summed E-state index contributed by atoms with van der Waals surface area (Å²) < 4.78 is 42.5. The number of hydrogen-bond acceptors (Lipinski definition) is 6. The number of alkyl halides is 3. The van der Waals surface area contributed by atoms with E-state index in [1.54, 1.807) is 19.1 Å². The minimum atomic E-state index is -4.63. The summed E-state index contributed by atoms with van der Waals surface area (Å²) in [5, 5.41) is 6.33. The Morgan fingerprint density at radius 1 is 1.13 bits per heavy atom. The lowest BCUT2D eigenvalue weighted by atomic mass is 10.1. The number of benzene rings is 1. The smallest absolute Gasteiger partial charge is 0.369 e. The summed E-state index contributed by atoms with van der Waals surface area (Å²) in [7, 11) is 1.97. The molecule has 3 heterocycles. The van der Waals surface area contributed by atoms with Crippen molar-refractivity contribution >= 4 is 23.1 Å². The predicted octanol–water partition coefficient (Wildman–Crippen LogP) is 2.46. The third-order valence-electron chi connectivity index (χ3n) is 5.06. The monoisotopic (exact) mass is 419 g/mol. The number of aryl methyl sites for hydroxylation is 1. The van der Waals surface area contributed by atoms with E-state index in [2.05, 4.69) is 25.3 Å². The largest absolute Gasteiger partial charge is 0.418 e. The SMILES string of the molecule is Cc1ccnc2nc(C(=O)Nc3ccc(N4CCN(C)CC4)cc3C(F)(F)F)nn12. The molecule has 1 N–H and O–H groups in total. The average molecular weight is 419 g/mol. The lowest BCUT2D eigenvalue weighted by molar-refractivity contribution is -0.136. The molecule has 1 saturated heterocycles. The summed E-state index contributed by atoms with van der Waals surface area (Å²) in [4.78, 5) is 24.5. The second-order valence-corrected chi connectivity index (χ2v) is 7.21. The summed E-state index contributed by atoms with van der Waals surface area (Å²) >= 11 is 0. The molecule has 1 fully saturated rings. The number of carbonyl (C=O) groups is 1. The lowest BCUT2D eigenvalue weighted by Gasteiger charge is -2.34. The van der Waals surface area contributed by atoms with Crippen LogP contribution in [0.15, 0.2) is 30.5 Å². The lowest BCUT2D eigenvalue weighted by Crippen LogP contribution is -2.44. The van der Waals surface area contributed by atoms with Crippen LogP contribution in [-0.2, 0) is 6.18 Å². The van der Waals surface area contributed by atoms with Gasteiger partial charge in [0, 0.05) is 43.8 Å². The summed E-state index contributed by atoms with van der Waals surface area (Å²) in [5.74, 6) is -0.896. The summed E-state index contributed by atoms with van der Waals surface area (Å²) in [6.45, 7) is 4.57. The van der Waals surface area contributed by atoms with Gasteiger partial charge in [-0.05, 0) is 38.2 Å². The van der Waals surface area contributed by atoms with Gasteiger partial charge < -0.3 is 15.1 Å². The number of anilines is 2. The number of likely N-dealkylation sites (N-methyl/N-ethyl adjacent to an activating group) is 1. The number of amides is 1. The van der Waals surface area contributed by atoms with E-state index in [-0.39, 0.29) is 17.3 Å². The van der Waals surface area contributed by atoms with Gasteiger partial charge in [0.2, 0.25) is 5.82 Å². The van der Waals surface area contributed by atoms with Crippen molar-refractivity contribution in [2.75, 3.05) is 43.4 Å². The van der Waals surface area contributed by atoms with E-state index in [1.807, 2.05) is 11.9 Å². The van der Waals surface area contributed by atoms with E-state index < -0.39 is 17.6 Å². The van der Waals surface area contributed by atoms with Crippen LogP contribution in [0.3, 0.4) is 0 Å². The van der Waals surface area contributed by atoms with Crippen LogP contribution in [0.4, 0.5) is 24.5 Å². The van der Waals surface area contributed by atoms with Crippen molar-refractivity contribution in [1.82, 2.24) is 24.5 Å². The van der Waals surface area contributed by atoms with E-state index in [4.69, 9.17) is 0 Å². The van der Waals surface area contributed by atoms with Crippen LogP contribution < -0.4 is 10.2 Å². The number of carbonyl (C=O) groups excluding carboxylic acids is 1. The third kappa shape index (κ3) is 3.92. The second kappa shape index (κ2) is 7.56. The van der Waals surface area contributed by atoms with E-state index >= 15 is 0 Å². The Hall–Kier alpha value is -3.21. The van der Waals surface area contributed by atoms with E-state index in [1.165, 1.54) is 16.8 Å². The van der Waals surface area contributed by atoms with Crippen molar-refractivity contribution in [3.63, 3.8) is 0 Å². The minimum Gasteiger partial charge on any atom is -0.369 e. The molecule has 158 valence electrons. The maximum atomic E-state index is 13.7. The van der Waals surface area contributed by atoms with Gasteiger partial charge in [-0.25, -0.2) is 9.50 Å². The first-order valence-corrected chi connectivity index (χ1v) is 9.37. The van der Waals surface area contributed by atoms with Gasteiger partial charge in [-0.2, -0.15) is 18.2 Å². The Labute approximate surface area is 170 Å². The fourth-order valence-electron chi connectivity index (χ4n) is 3.32. The van der Waals surface area contributed by atoms with Crippen molar-refractivity contribution in [2.24, 2.45) is 0 Å². The number of piperazine rings is 1. The maximum absolute atomic E-state index is 13.7. The van der Waals surface area contributed by atoms with E-state index in [9.17, 15) is 18.0 Å². The zero-order valence-corrected chi connectivity index (χ0v) is 16.4.